The smallest absolute Gasteiger partial charge is 0.346 e. The fourth-order valence-corrected chi connectivity index (χ4v) is 4.08. The Hall–Kier alpha value is -3.66. The number of thiazole rings is 1. The van der Waals surface area contributed by atoms with E-state index in [0.29, 0.717) is 22.2 Å². The number of aromatic amines is 1. The van der Waals surface area contributed by atoms with Gasteiger partial charge in [-0.05, 0) is 36.4 Å². The van der Waals surface area contributed by atoms with Crippen LogP contribution in [0.25, 0.3) is 21.9 Å². The first kappa shape index (κ1) is 19.3. The fraction of sp³-hybridized carbons (Fsp3) is 0.0952. The highest BCUT2D eigenvalue weighted by molar-refractivity contribution is 7.09. The van der Waals surface area contributed by atoms with Crippen molar-refractivity contribution in [1.29, 1.82) is 0 Å². The summed E-state index contributed by atoms with van der Waals surface area (Å²) in [7, 11) is 0. The van der Waals surface area contributed by atoms with Gasteiger partial charge in [0.15, 0.2) is 0 Å². The van der Waals surface area contributed by atoms with Gasteiger partial charge in [-0.15, -0.1) is 11.3 Å². The minimum absolute atomic E-state index is 0.235. The molecule has 1 amide bonds. The topological polar surface area (TPSA) is 75.6 Å². The molecule has 0 spiro atoms. The molecule has 156 valence electrons. The van der Waals surface area contributed by atoms with E-state index in [-0.39, 0.29) is 12.2 Å². The maximum atomic E-state index is 13.2. The zero-order valence-corrected chi connectivity index (χ0v) is 16.6. The minimum atomic E-state index is -4.47. The van der Waals surface area contributed by atoms with Crippen molar-refractivity contribution in [1.82, 2.24) is 19.5 Å². The van der Waals surface area contributed by atoms with Crippen LogP contribution >= 0.6 is 11.3 Å². The summed E-state index contributed by atoms with van der Waals surface area (Å²) in [6, 6.07) is 8.53. The second-order valence-corrected chi connectivity index (χ2v) is 7.89. The van der Waals surface area contributed by atoms with Crippen LogP contribution in [-0.2, 0) is 12.7 Å². The summed E-state index contributed by atoms with van der Waals surface area (Å²) in [4.78, 5) is 24.5. The van der Waals surface area contributed by atoms with E-state index in [0.717, 1.165) is 22.5 Å². The minimum Gasteiger partial charge on any atom is -0.346 e. The van der Waals surface area contributed by atoms with E-state index in [4.69, 9.17) is 0 Å². The average molecular weight is 441 g/mol. The van der Waals surface area contributed by atoms with Crippen LogP contribution in [0.5, 0.6) is 0 Å². The largest absolute Gasteiger partial charge is 0.416 e. The molecule has 0 saturated heterocycles. The van der Waals surface area contributed by atoms with E-state index in [9.17, 15) is 18.0 Å². The predicted molar refractivity (Wildman–Crippen MR) is 112 cm³/mol. The molecule has 0 fully saturated rings. The van der Waals surface area contributed by atoms with Crippen LogP contribution in [0, 0.1) is 0 Å². The van der Waals surface area contributed by atoms with Gasteiger partial charge < -0.3 is 14.9 Å². The average Bonchev–Trinajstić information content (AvgIpc) is 3.47. The van der Waals surface area contributed by atoms with Crippen molar-refractivity contribution in [2.45, 2.75) is 12.7 Å². The summed E-state index contributed by atoms with van der Waals surface area (Å²) in [5.41, 5.74) is 1.17. The molecule has 10 heteroatoms. The van der Waals surface area contributed by atoms with E-state index >= 15 is 0 Å². The Morgan fingerprint density at radius 1 is 1.13 bits per heavy atom. The predicted octanol–water partition coefficient (Wildman–Crippen LogP) is 5.29. The summed E-state index contributed by atoms with van der Waals surface area (Å²) in [5, 5.41) is 6.49. The molecule has 5 rings (SSSR count). The number of fused-ring (bicyclic) bond motifs is 2. The lowest BCUT2D eigenvalue weighted by atomic mass is 10.1. The van der Waals surface area contributed by atoms with Crippen molar-refractivity contribution in [3.63, 3.8) is 0 Å². The summed E-state index contributed by atoms with van der Waals surface area (Å²) < 4.78 is 41.2. The number of pyridine rings is 1. The van der Waals surface area contributed by atoms with Gasteiger partial charge in [-0.2, -0.15) is 13.2 Å². The fourth-order valence-electron chi connectivity index (χ4n) is 3.48. The Morgan fingerprint density at radius 2 is 2.00 bits per heavy atom. The Bertz CT molecular complexity index is 1400. The van der Waals surface area contributed by atoms with Crippen molar-refractivity contribution < 1.29 is 18.0 Å². The van der Waals surface area contributed by atoms with Crippen LogP contribution in [0.4, 0.5) is 18.9 Å². The number of anilines is 1. The highest BCUT2D eigenvalue weighted by Crippen LogP contribution is 2.33. The van der Waals surface area contributed by atoms with Crippen LogP contribution < -0.4 is 5.32 Å². The molecule has 6 nitrogen and oxygen atoms in total. The van der Waals surface area contributed by atoms with Crippen LogP contribution in [-0.4, -0.2) is 25.4 Å². The van der Waals surface area contributed by atoms with Gasteiger partial charge in [0.05, 0.1) is 24.0 Å². The second kappa shape index (κ2) is 7.24. The number of nitrogens with zero attached hydrogens (tertiary/aromatic N) is 3. The summed E-state index contributed by atoms with van der Waals surface area (Å²) in [6.07, 6.45) is 0.441. The molecule has 0 aliphatic heterocycles. The van der Waals surface area contributed by atoms with Crippen molar-refractivity contribution in [3.05, 3.63) is 76.6 Å². The van der Waals surface area contributed by atoms with Gasteiger partial charge in [-0.3, -0.25) is 4.79 Å². The van der Waals surface area contributed by atoms with Gasteiger partial charge in [-0.25, -0.2) is 9.97 Å². The van der Waals surface area contributed by atoms with Crippen LogP contribution in [0.2, 0.25) is 0 Å². The molecule has 2 N–H and O–H groups in total. The highest BCUT2D eigenvalue weighted by atomic mass is 32.1. The standard InChI is InChI=1S/C21H14F3N5OS/c22-21(23,24)14-1-2-16-13(7-14)9-17(29(16)11-18-25-5-6-31-18)20(30)28-15-8-12-3-4-26-19(12)27-10-15/h1-10H,11H2,(H,26,27)(H,28,30). The number of amides is 1. The molecule has 4 heterocycles. The molecule has 1 aromatic carbocycles. The zero-order valence-electron chi connectivity index (χ0n) is 15.8. The SMILES string of the molecule is O=C(Nc1cnc2[nH]ccc2c1)c1cc2cc(C(F)(F)F)ccc2n1Cc1nccs1. The zero-order chi connectivity index (χ0) is 21.6. The third kappa shape index (κ3) is 3.66. The molecule has 0 aliphatic carbocycles. The number of hydrogen-bond donors (Lipinski definition) is 2. The number of aromatic nitrogens is 4. The number of H-pyrrole nitrogens is 1. The molecule has 0 saturated carbocycles. The summed E-state index contributed by atoms with van der Waals surface area (Å²) in [5.74, 6) is -0.446. The summed E-state index contributed by atoms with van der Waals surface area (Å²) >= 11 is 1.41. The van der Waals surface area contributed by atoms with Crippen LogP contribution in [0.1, 0.15) is 21.1 Å². The van der Waals surface area contributed by atoms with Gasteiger partial charge in [0.2, 0.25) is 0 Å². The number of halogens is 3. The highest BCUT2D eigenvalue weighted by Gasteiger charge is 2.31. The normalized spacial score (nSPS) is 12.0. The Morgan fingerprint density at radius 3 is 2.77 bits per heavy atom. The van der Waals surface area contributed by atoms with E-state index in [1.807, 2.05) is 6.07 Å². The first-order chi connectivity index (χ1) is 14.9. The third-order valence-electron chi connectivity index (χ3n) is 4.90. The lowest BCUT2D eigenvalue weighted by Gasteiger charge is -2.11. The quantitative estimate of drug-likeness (QED) is 0.398. The molecule has 0 radical (unpaired) electrons. The van der Waals surface area contributed by atoms with Crippen molar-refractivity contribution in [2.75, 3.05) is 5.32 Å². The van der Waals surface area contributed by atoms with Crippen LogP contribution in [0.15, 0.2) is 60.4 Å². The van der Waals surface area contributed by atoms with E-state index in [2.05, 4.69) is 20.3 Å². The van der Waals surface area contributed by atoms with Gasteiger partial charge in [0.25, 0.3) is 5.91 Å². The van der Waals surface area contributed by atoms with Crippen molar-refractivity contribution in [2.24, 2.45) is 0 Å². The van der Waals surface area contributed by atoms with Gasteiger partial charge in [0, 0.05) is 34.1 Å². The van der Waals surface area contributed by atoms with Crippen molar-refractivity contribution >= 4 is 44.9 Å². The molecule has 0 aliphatic rings. The molecule has 31 heavy (non-hydrogen) atoms. The lowest BCUT2D eigenvalue weighted by Crippen LogP contribution is -2.17. The van der Waals surface area contributed by atoms with E-state index in [1.54, 1.807) is 28.4 Å². The maximum absolute atomic E-state index is 13.2. The Labute approximate surface area is 177 Å². The number of alkyl halides is 3. The third-order valence-corrected chi connectivity index (χ3v) is 5.66. The van der Waals surface area contributed by atoms with Crippen molar-refractivity contribution in [3.8, 4) is 0 Å². The first-order valence-electron chi connectivity index (χ1n) is 9.22. The summed E-state index contributed by atoms with van der Waals surface area (Å²) in [6.45, 7) is 0.268. The van der Waals surface area contributed by atoms with Crippen LogP contribution in [0.3, 0.4) is 0 Å². The number of hydrogen-bond acceptors (Lipinski definition) is 4. The number of benzene rings is 1. The number of nitrogens with one attached hydrogen (secondary N) is 2. The molecule has 4 aromatic heterocycles. The first-order valence-corrected chi connectivity index (χ1v) is 10.1. The van der Waals surface area contributed by atoms with E-state index in [1.165, 1.54) is 29.7 Å². The molecule has 0 atom stereocenters. The second-order valence-electron chi connectivity index (χ2n) is 6.91. The number of carbonyl (C=O) groups is 1. The molecular formula is C21H14F3N5OS. The molecular weight excluding hydrogens is 427 g/mol. The number of rotatable bonds is 4. The van der Waals surface area contributed by atoms with E-state index < -0.39 is 17.6 Å². The van der Waals surface area contributed by atoms with Gasteiger partial charge in [0.1, 0.15) is 16.3 Å². The van der Waals surface area contributed by atoms with Gasteiger partial charge in [-0.1, -0.05) is 0 Å². The lowest BCUT2D eigenvalue weighted by molar-refractivity contribution is -0.137. The van der Waals surface area contributed by atoms with Gasteiger partial charge >= 0.3 is 6.18 Å². The number of carbonyl (C=O) groups excluding carboxylic acids is 1. The molecule has 0 unspecified atom stereocenters. The molecule has 5 aromatic rings. The molecule has 0 bridgehead atoms. The Kier molecular flexibility index (Phi) is 4.51. The maximum Gasteiger partial charge on any atom is 0.416 e. The monoisotopic (exact) mass is 441 g/mol. The Balaban J connectivity index is 1.56.